The van der Waals surface area contributed by atoms with Crippen LogP contribution in [0.1, 0.15) is 31.9 Å². The third-order valence-electron chi connectivity index (χ3n) is 4.95. The average molecular weight is 493 g/mol. The molecule has 2 aliphatic rings. The van der Waals surface area contributed by atoms with Crippen LogP contribution in [0.2, 0.25) is 5.02 Å². The number of hydrogen-bond acceptors (Lipinski definition) is 3. The van der Waals surface area contributed by atoms with Gasteiger partial charge in [-0.15, -0.1) is 24.0 Å². The molecule has 5 nitrogen and oxygen atoms in total. The Kier molecular flexibility index (Phi) is 8.93. The number of rotatable bonds is 6. The molecular weight excluding hydrogens is 463 g/mol. The van der Waals surface area contributed by atoms with Gasteiger partial charge >= 0.3 is 0 Å². The van der Waals surface area contributed by atoms with Gasteiger partial charge in [-0.2, -0.15) is 0 Å². The van der Waals surface area contributed by atoms with E-state index < -0.39 is 0 Å². The number of nitrogens with one attached hydrogen (secondary N) is 2. The van der Waals surface area contributed by atoms with Crippen LogP contribution < -0.4 is 10.6 Å². The van der Waals surface area contributed by atoms with E-state index >= 15 is 0 Å². The van der Waals surface area contributed by atoms with Crippen LogP contribution in [-0.2, 0) is 4.74 Å². The number of halogens is 2. The quantitative estimate of drug-likeness (QED) is 0.363. The number of hydrogen-bond donors (Lipinski definition) is 2. The van der Waals surface area contributed by atoms with Crippen LogP contribution in [0.3, 0.4) is 0 Å². The highest BCUT2D eigenvalue weighted by Crippen LogP contribution is 2.30. The van der Waals surface area contributed by atoms with Crippen LogP contribution in [0.4, 0.5) is 0 Å². The molecule has 1 aliphatic heterocycles. The van der Waals surface area contributed by atoms with E-state index in [0.717, 1.165) is 55.3 Å². The van der Waals surface area contributed by atoms with Gasteiger partial charge in [0.25, 0.3) is 0 Å². The van der Waals surface area contributed by atoms with Gasteiger partial charge in [0.1, 0.15) is 0 Å². The molecule has 0 bridgehead atoms. The lowest BCUT2D eigenvalue weighted by molar-refractivity contribution is 0.0180. The Morgan fingerprint density at radius 1 is 1.35 bits per heavy atom. The summed E-state index contributed by atoms with van der Waals surface area (Å²) in [5.41, 5.74) is 1.14. The molecule has 7 heteroatoms. The van der Waals surface area contributed by atoms with Crippen molar-refractivity contribution in [1.29, 1.82) is 0 Å². The van der Waals surface area contributed by atoms with Crippen molar-refractivity contribution in [2.75, 3.05) is 39.4 Å². The number of ether oxygens (including phenoxy) is 1. The minimum Gasteiger partial charge on any atom is -0.379 e. The van der Waals surface area contributed by atoms with Crippen LogP contribution >= 0.6 is 35.6 Å². The largest absolute Gasteiger partial charge is 0.379 e. The van der Waals surface area contributed by atoms with E-state index in [9.17, 15) is 0 Å². The average Bonchev–Trinajstić information content (AvgIpc) is 3.32. The van der Waals surface area contributed by atoms with E-state index in [-0.39, 0.29) is 30.0 Å². The summed E-state index contributed by atoms with van der Waals surface area (Å²) in [5, 5.41) is 7.70. The summed E-state index contributed by atoms with van der Waals surface area (Å²) in [6, 6.07) is 8.83. The molecular formula is C19H30ClIN4O. The highest BCUT2D eigenvalue weighted by molar-refractivity contribution is 14.0. The van der Waals surface area contributed by atoms with Gasteiger partial charge in [-0.3, -0.25) is 9.89 Å². The van der Waals surface area contributed by atoms with E-state index in [2.05, 4.69) is 35.4 Å². The smallest absolute Gasteiger partial charge is 0.191 e. The van der Waals surface area contributed by atoms with Crippen LogP contribution in [0, 0.1) is 5.92 Å². The van der Waals surface area contributed by atoms with Gasteiger partial charge in [-0.1, -0.05) is 36.7 Å². The minimum absolute atomic E-state index is 0. The number of benzene rings is 1. The Morgan fingerprint density at radius 3 is 2.65 bits per heavy atom. The molecule has 3 atom stereocenters. The first-order valence-electron chi connectivity index (χ1n) is 9.30. The maximum absolute atomic E-state index is 6.49. The second-order valence-corrected chi connectivity index (χ2v) is 7.28. The zero-order valence-corrected chi connectivity index (χ0v) is 18.7. The predicted molar refractivity (Wildman–Crippen MR) is 119 cm³/mol. The lowest BCUT2D eigenvalue weighted by Crippen LogP contribution is -2.42. The van der Waals surface area contributed by atoms with Gasteiger partial charge in [-0.05, 0) is 30.9 Å². The fourth-order valence-corrected chi connectivity index (χ4v) is 3.50. The monoisotopic (exact) mass is 492 g/mol. The number of aliphatic imine (C=N–C) groups is 1. The van der Waals surface area contributed by atoms with Crippen LogP contribution in [0.15, 0.2) is 29.3 Å². The summed E-state index contributed by atoms with van der Waals surface area (Å²) in [6.45, 7) is 9.26. The Hall–Kier alpha value is -0.570. The van der Waals surface area contributed by atoms with Crippen molar-refractivity contribution < 1.29 is 4.74 Å². The molecule has 1 aromatic carbocycles. The molecule has 0 amide bonds. The number of guanidine groups is 1. The van der Waals surface area contributed by atoms with Crippen LogP contribution in [-0.4, -0.2) is 56.3 Å². The van der Waals surface area contributed by atoms with E-state index in [4.69, 9.17) is 21.3 Å². The third kappa shape index (κ3) is 5.97. The highest BCUT2D eigenvalue weighted by atomic mass is 127. The lowest BCUT2D eigenvalue weighted by atomic mass is 10.0. The van der Waals surface area contributed by atoms with Crippen molar-refractivity contribution in [1.82, 2.24) is 15.5 Å². The summed E-state index contributed by atoms with van der Waals surface area (Å²) in [4.78, 5) is 7.30. The maximum Gasteiger partial charge on any atom is 0.191 e. The molecule has 1 saturated carbocycles. The van der Waals surface area contributed by atoms with E-state index in [1.165, 1.54) is 6.42 Å². The molecule has 1 aromatic rings. The normalized spacial score (nSPS) is 24.5. The fourth-order valence-electron chi connectivity index (χ4n) is 3.24. The zero-order valence-electron chi connectivity index (χ0n) is 15.6. The fraction of sp³-hybridized carbons (Fsp3) is 0.632. The summed E-state index contributed by atoms with van der Waals surface area (Å²) in [6.07, 6.45) is 1.22. The molecule has 0 aromatic heterocycles. The second kappa shape index (κ2) is 10.7. The molecule has 146 valence electrons. The van der Waals surface area contributed by atoms with Gasteiger partial charge in [0.2, 0.25) is 0 Å². The molecule has 2 N–H and O–H groups in total. The van der Waals surface area contributed by atoms with Gasteiger partial charge in [0, 0.05) is 30.7 Å². The first kappa shape index (κ1) is 21.7. The second-order valence-electron chi connectivity index (χ2n) is 6.87. The molecule has 3 unspecified atom stereocenters. The minimum atomic E-state index is 0. The maximum atomic E-state index is 6.49. The summed E-state index contributed by atoms with van der Waals surface area (Å²) >= 11 is 6.49. The molecule has 2 fully saturated rings. The predicted octanol–water partition coefficient (Wildman–Crippen LogP) is 3.29. The first-order chi connectivity index (χ1) is 12.2. The number of nitrogens with zero attached hydrogens (tertiary/aromatic N) is 2. The summed E-state index contributed by atoms with van der Waals surface area (Å²) < 4.78 is 5.52. The van der Waals surface area contributed by atoms with Gasteiger partial charge in [0.05, 0.1) is 25.8 Å². The van der Waals surface area contributed by atoms with Crippen molar-refractivity contribution in [2.24, 2.45) is 10.9 Å². The molecule has 0 spiro atoms. The molecule has 1 heterocycles. The van der Waals surface area contributed by atoms with Crippen LogP contribution in [0.25, 0.3) is 0 Å². The van der Waals surface area contributed by atoms with Gasteiger partial charge in [-0.25, -0.2) is 0 Å². The highest BCUT2D eigenvalue weighted by Gasteiger charge is 2.33. The van der Waals surface area contributed by atoms with E-state index in [1.54, 1.807) is 0 Å². The van der Waals surface area contributed by atoms with Crippen molar-refractivity contribution in [3.05, 3.63) is 34.9 Å². The summed E-state index contributed by atoms with van der Waals surface area (Å²) in [5.74, 6) is 1.64. The van der Waals surface area contributed by atoms with Crippen LogP contribution in [0.5, 0.6) is 0 Å². The van der Waals surface area contributed by atoms with Crippen molar-refractivity contribution in [3.63, 3.8) is 0 Å². The van der Waals surface area contributed by atoms with Crippen molar-refractivity contribution in [3.8, 4) is 0 Å². The van der Waals surface area contributed by atoms with Gasteiger partial charge in [0.15, 0.2) is 5.96 Å². The molecule has 1 saturated heterocycles. The molecule has 3 rings (SSSR count). The van der Waals surface area contributed by atoms with E-state index in [1.807, 2.05) is 18.2 Å². The Bertz CT molecular complexity index is 595. The molecule has 26 heavy (non-hydrogen) atoms. The number of morpholine rings is 1. The summed E-state index contributed by atoms with van der Waals surface area (Å²) in [7, 11) is 0. The topological polar surface area (TPSA) is 48.9 Å². The molecule has 0 radical (unpaired) electrons. The van der Waals surface area contributed by atoms with Gasteiger partial charge < -0.3 is 15.4 Å². The molecule has 1 aliphatic carbocycles. The Labute approximate surface area is 178 Å². The third-order valence-corrected chi connectivity index (χ3v) is 5.29. The lowest BCUT2D eigenvalue weighted by Gasteiger charge is -2.34. The first-order valence-corrected chi connectivity index (χ1v) is 9.68. The standard InChI is InChI=1S/C19H29ClN4O.HI/c1-3-21-19(23-17-12-14(17)2)22-13-18(24-8-10-25-11-9-24)15-6-4-5-7-16(15)20;/h4-7,14,17-18H,3,8-13H2,1-2H3,(H2,21,22,23);1H. The SMILES string of the molecule is CCNC(=NCC(c1ccccc1Cl)N1CCOCC1)NC1CC1C.I. The Balaban J connectivity index is 0.00000243. The van der Waals surface area contributed by atoms with E-state index in [0.29, 0.717) is 12.6 Å². The van der Waals surface area contributed by atoms with Crippen molar-refractivity contribution >= 4 is 41.5 Å². The Morgan fingerprint density at radius 2 is 2.04 bits per heavy atom. The van der Waals surface area contributed by atoms with Crippen molar-refractivity contribution in [2.45, 2.75) is 32.4 Å². The zero-order chi connectivity index (χ0) is 17.6.